The molecule has 2 aromatic carbocycles. The summed E-state index contributed by atoms with van der Waals surface area (Å²) in [6.07, 6.45) is 0.256. The summed E-state index contributed by atoms with van der Waals surface area (Å²) in [5.74, 6) is 0.941. The summed E-state index contributed by atoms with van der Waals surface area (Å²) in [5.41, 5.74) is 1.65. The molecule has 1 unspecified atom stereocenters. The van der Waals surface area contributed by atoms with Gasteiger partial charge in [-0.3, -0.25) is 4.79 Å². The van der Waals surface area contributed by atoms with Crippen molar-refractivity contribution in [3.63, 3.8) is 0 Å². The number of hydrogen-bond acceptors (Lipinski definition) is 4. The molecule has 1 saturated heterocycles. The van der Waals surface area contributed by atoms with Gasteiger partial charge in [0.25, 0.3) is 0 Å². The van der Waals surface area contributed by atoms with Crippen LogP contribution >= 0.6 is 0 Å². The third-order valence-electron chi connectivity index (χ3n) is 4.60. The Kier molecular flexibility index (Phi) is 5.73. The minimum atomic E-state index is -0.291. The largest absolute Gasteiger partial charge is 0.493 e. The SMILES string of the molecule is COc1ccc(CC(=O)N2CCNCC2c2cccc(F)c2)cc1OC. The molecule has 1 amide bonds. The standard InChI is InChI=1S/C20H23FN2O3/c1-25-18-7-6-14(10-19(18)26-2)11-20(24)23-9-8-22-13-17(23)15-4-3-5-16(21)12-15/h3-7,10,12,17,22H,8-9,11,13H2,1-2H3. The molecular weight excluding hydrogens is 335 g/mol. The number of halogens is 1. The van der Waals surface area contributed by atoms with Gasteiger partial charge in [-0.05, 0) is 35.4 Å². The smallest absolute Gasteiger partial charge is 0.227 e. The van der Waals surface area contributed by atoms with Crippen molar-refractivity contribution in [3.8, 4) is 11.5 Å². The van der Waals surface area contributed by atoms with Crippen molar-refractivity contribution >= 4 is 5.91 Å². The van der Waals surface area contributed by atoms with Gasteiger partial charge in [0.2, 0.25) is 5.91 Å². The zero-order valence-corrected chi connectivity index (χ0v) is 15.0. The molecule has 0 spiro atoms. The highest BCUT2D eigenvalue weighted by molar-refractivity contribution is 5.79. The summed E-state index contributed by atoms with van der Waals surface area (Å²) >= 11 is 0. The number of amides is 1. The molecule has 1 aliphatic rings. The first kappa shape index (κ1) is 18.2. The normalized spacial score (nSPS) is 17.0. The van der Waals surface area contributed by atoms with Crippen molar-refractivity contribution in [3.05, 3.63) is 59.4 Å². The first-order valence-corrected chi connectivity index (χ1v) is 8.59. The second kappa shape index (κ2) is 8.19. The van der Waals surface area contributed by atoms with Gasteiger partial charge in [0.05, 0.1) is 26.7 Å². The molecule has 1 fully saturated rings. The van der Waals surface area contributed by atoms with Crippen LogP contribution in [0.15, 0.2) is 42.5 Å². The van der Waals surface area contributed by atoms with Crippen LogP contribution < -0.4 is 14.8 Å². The topological polar surface area (TPSA) is 50.8 Å². The number of nitrogens with zero attached hydrogens (tertiary/aromatic N) is 1. The Hall–Kier alpha value is -2.60. The fourth-order valence-electron chi connectivity index (χ4n) is 3.28. The molecule has 0 aliphatic carbocycles. The highest BCUT2D eigenvalue weighted by Crippen LogP contribution is 2.29. The van der Waals surface area contributed by atoms with Crippen LogP contribution in [0, 0.1) is 5.82 Å². The van der Waals surface area contributed by atoms with Crippen molar-refractivity contribution in [2.24, 2.45) is 0 Å². The summed E-state index contributed by atoms with van der Waals surface area (Å²) in [7, 11) is 3.15. The van der Waals surface area contributed by atoms with Gasteiger partial charge in [-0.25, -0.2) is 4.39 Å². The summed E-state index contributed by atoms with van der Waals surface area (Å²) in [5, 5.41) is 3.28. The lowest BCUT2D eigenvalue weighted by Crippen LogP contribution is -2.49. The number of ether oxygens (including phenoxy) is 2. The maximum Gasteiger partial charge on any atom is 0.227 e. The van der Waals surface area contributed by atoms with Crippen LogP contribution in [0.3, 0.4) is 0 Å². The molecule has 1 heterocycles. The van der Waals surface area contributed by atoms with Crippen LogP contribution in [0.4, 0.5) is 4.39 Å². The molecule has 1 aliphatic heterocycles. The molecule has 1 N–H and O–H groups in total. The minimum absolute atomic E-state index is 0.00739. The average molecular weight is 358 g/mol. The molecular formula is C20H23FN2O3. The number of carbonyl (C=O) groups is 1. The third-order valence-corrected chi connectivity index (χ3v) is 4.60. The Balaban J connectivity index is 1.79. The van der Waals surface area contributed by atoms with Gasteiger partial charge < -0.3 is 19.7 Å². The predicted octanol–water partition coefficient (Wildman–Crippen LogP) is 2.56. The van der Waals surface area contributed by atoms with E-state index < -0.39 is 0 Å². The lowest BCUT2D eigenvalue weighted by Gasteiger charge is -2.36. The van der Waals surface area contributed by atoms with Crippen molar-refractivity contribution in [2.45, 2.75) is 12.5 Å². The van der Waals surface area contributed by atoms with Gasteiger partial charge in [0.1, 0.15) is 5.82 Å². The van der Waals surface area contributed by atoms with Crippen molar-refractivity contribution < 1.29 is 18.7 Å². The van der Waals surface area contributed by atoms with Gasteiger partial charge in [-0.1, -0.05) is 18.2 Å². The Morgan fingerprint density at radius 3 is 2.73 bits per heavy atom. The van der Waals surface area contributed by atoms with Crippen LogP contribution in [0.1, 0.15) is 17.2 Å². The lowest BCUT2D eigenvalue weighted by molar-refractivity contribution is -0.133. The number of hydrogen-bond donors (Lipinski definition) is 1. The van der Waals surface area contributed by atoms with Crippen molar-refractivity contribution in [1.82, 2.24) is 10.2 Å². The van der Waals surface area contributed by atoms with E-state index in [-0.39, 0.29) is 24.2 Å². The number of carbonyl (C=O) groups excluding carboxylic acids is 1. The zero-order chi connectivity index (χ0) is 18.5. The Morgan fingerprint density at radius 1 is 1.19 bits per heavy atom. The van der Waals surface area contributed by atoms with E-state index in [1.807, 2.05) is 23.1 Å². The summed E-state index contributed by atoms with van der Waals surface area (Å²) in [6.45, 7) is 1.93. The molecule has 6 heteroatoms. The summed E-state index contributed by atoms with van der Waals surface area (Å²) < 4.78 is 24.1. The van der Waals surface area contributed by atoms with Gasteiger partial charge in [0, 0.05) is 19.6 Å². The number of rotatable bonds is 5. The second-order valence-corrected chi connectivity index (χ2v) is 6.23. The highest BCUT2D eigenvalue weighted by Gasteiger charge is 2.28. The van der Waals surface area contributed by atoms with Crippen LogP contribution in [0.25, 0.3) is 0 Å². The molecule has 0 aromatic heterocycles. The first-order valence-electron chi connectivity index (χ1n) is 8.59. The molecule has 138 valence electrons. The third kappa shape index (κ3) is 3.96. The maximum atomic E-state index is 13.6. The van der Waals surface area contributed by atoms with E-state index in [4.69, 9.17) is 9.47 Å². The monoisotopic (exact) mass is 358 g/mol. The molecule has 3 rings (SSSR count). The molecule has 0 saturated carbocycles. The Bertz CT molecular complexity index is 781. The van der Waals surface area contributed by atoms with E-state index in [2.05, 4.69) is 5.32 Å². The second-order valence-electron chi connectivity index (χ2n) is 6.23. The lowest BCUT2D eigenvalue weighted by atomic mass is 10.0. The van der Waals surface area contributed by atoms with Crippen LogP contribution in [-0.2, 0) is 11.2 Å². The van der Waals surface area contributed by atoms with Crippen LogP contribution in [0.5, 0.6) is 11.5 Å². The average Bonchev–Trinajstić information content (AvgIpc) is 2.67. The summed E-state index contributed by atoms with van der Waals surface area (Å²) in [4.78, 5) is 14.7. The number of methoxy groups -OCH3 is 2. The molecule has 1 atom stereocenters. The van der Waals surface area contributed by atoms with E-state index >= 15 is 0 Å². The van der Waals surface area contributed by atoms with Crippen molar-refractivity contribution in [2.75, 3.05) is 33.9 Å². The minimum Gasteiger partial charge on any atom is -0.493 e. The Morgan fingerprint density at radius 2 is 2.00 bits per heavy atom. The highest BCUT2D eigenvalue weighted by atomic mass is 19.1. The predicted molar refractivity (Wildman–Crippen MR) is 97.0 cm³/mol. The van der Waals surface area contributed by atoms with Crippen LogP contribution in [-0.4, -0.2) is 44.7 Å². The van der Waals surface area contributed by atoms with Crippen molar-refractivity contribution in [1.29, 1.82) is 0 Å². The summed E-state index contributed by atoms with van der Waals surface area (Å²) in [6, 6.07) is 11.7. The first-order chi connectivity index (χ1) is 12.6. The molecule has 0 bridgehead atoms. The van der Waals surface area contributed by atoms with E-state index in [0.29, 0.717) is 24.6 Å². The van der Waals surface area contributed by atoms with Gasteiger partial charge in [-0.15, -0.1) is 0 Å². The fourth-order valence-corrected chi connectivity index (χ4v) is 3.28. The Labute approximate surface area is 152 Å². The number of piperazine rings is 1. The van der Waals surface area contributed by atoms with E-state index in [0.717, 1.165) is 17.7 Å². The van der Waals surface area contributed by atoms with Gasteiger partial charge in [0.15, 0.2) is 11.5 Å². The number of nitrogens with one attached hydrogen (secondary N) is 1. The van der Waals surface area contributed by atoms with Crippen LogP contribution in [0.2, 0.25) is 0 Å². The molecule has 5 nitrogen and oxygen atoms in total. The molecule has 2 aromatic rings. The maximum absolute atomic E-state index is 13.6. The van der Waals surface area contributed by atoms with E-state index in [1.165, 1.54) is 12.1 Å². The zero-order valence-electron chi connectivity index (χ0n) is 15.0. The van der Waals surface area contributed by atoms with Gasteiger partial charge >= 0.3 is 0 Å². The number of benzene rings is 2. The van der Waals surface area contributed by atoms with E-state index in [1.54, 1.807) is 26.4 Å². The quantitative estimate of drug-likeness (QED) is 0.893. The van der Waals surface area contributed by atoms with E-state index in [9.17, 15) is 9.18 Å². The molecule has 26 heavy (non-hydrogen) atoms. The molecule has 0 radical (unpaired) electrons. The van der Waals surface area contributed by atoms with Gasteiger partial charge in [-0.2, -0.15) is 0 Å². The fraction of sp³-hybridized carbons (Fsp3) is 0.350.